The first-order chi connectivity index (χ1) is 18.9. The van der Waals surface area contributed by atoms with Gasteiger partial charge in [0.1, 0.15) is 17.2 Å². The highest BCUT2D eigenvalue weighted by Gasteiger charge is 2.32. The molecule has 2 aliphatic heterocycles. The molecule has 0 amide bonds. The molecule has 3 aromatic rings. The van der Waals surface area contributed by atoms with Gasteiger partial charge in [0.05, 0.1) is 41.3 Å². The Labute approximate surface area is 233 Å². The molecule has 3 N–H and O–H groups in total. The van der Waals surface area contributed by atoms with E-state index in [9.17, 15) is 8.42 Å². The second-order valence-corrected chi connectivity index (χ2v) is 12.7. The molecule has 1 aliphatic carbocycles. The van der Waals surface area contributed by atoms with E-state index in [4.69, 9.17) is 21.1 Å². The molecule has 2 aromatic heterocycles. The van der Waals surface area contributed by atoms with Crippen LogP contribution in [0.15, 0.2) is 29.3 Å². The van der Waals surface area contributed by atoms with Gasteiger partial charge in [-0.3, -0.25) is 4.90 Å². The Morgan fingerprint density at radius 1 is 1.13 bits per heavy atom. The van der Waals surface area contributed by atoms with Crippen LogP contribution in [-0.2, 0) is 14.8 Å². The molecular formula is C26H34ClN7O4S. The number of rotatable bonds is 9. The summed E-state index contributed by atoms with van der Waals surface area (Å²) >= 11 is 6.38. The van der Waals surface area contributed by atoms with Crippen molar-refractivity contribution >= 4 is 50.1 Å². The summed E-state index contributed by atoms with van der Waals surface area (Å²) < 4.78 is 39.6. The van der Waals surface area contributed by atoms with Gasteiger partial charge in [-0.15, -0.1) is 0 Å². The average molecular weight is 576 g/mol. The van der Waals surface area contributed by atoms with Gasteiger partial charge in [0.25, 0.3) is 0 Å². The number of H-pyrrole nitrogens is 1. The van der Waals surface area contributed by atoms with Crippen LogP contribution in [0.4, 0.5) is 17.5 Å². The van der Waals surface area contributed by atoms with E-state index in [1.807, 2.05) is 0 Å². The lowest BCUT2D eigenvalue weighted by atomic mass is 10.0. The van der Waals surface area contributed by atoms with Crippen LogP contribution < -0.4 is 15.4 Å². The Bertz CT molecular complexity index is 1430. The third-order valence-electron chi connectivity index (χ3n) is 7.78. The lowest BCUT2D eigenvalue weighted by molar-refractivity contribution is 0.00610. The number of piperidine rings is 1. The summed E-state index contributed by atoms with van der Waals surface area (Å²) in [7, 11) is -2.14. The summed E-state index contributed by atoms with van der Waals surface area (Å²) in [6, 6.07) is 5.25. The van der Waals surface area contributed by atoms with Gasteiger partial charge in [0.15, 0.2) is 0 Å². The summed E-state index contributed by atoms with van der Waals surface area (Å²) in [6.07, 6.45) is 5.75. The minimum Gasteiger partial charge on any atom is -0.495 e. The molecule has 3 fully saturated rings. The summed E-state index contributed by atoms with van der Waals surface area (Å²) in [5.74, 6) is 2.04. The number of anilines is 3. The molecule has 13 heteroatoms. The second kappa shape index (κ2) is 11.1. The van der Waals surface area contributed by atoms with Crippen molar-refractivity contribution in [3.63, 3.8) is 0 Å². The zero-order valence-corrected chi connectivity index (χ0v) is 23.5. The van der Waals surface area contributed by atoms with Crippen molar-refractivity contribution in [1.29, 1.82) is 0 Å². The fourth-order valence-corrected chi connectivity index (χ4v) is 7.06. The minimum atomic E-state index is -3.66. The molecular weight excluding hydrogens is 542 g/mol. The van der Waals surface area contributed by atoms with E-state index in [0.717, 1.165) is 51.1 Å². The number of ether oxygens (including phenoxy) is 2. The third kappa shape index (κ3) is 5.66. The van der Waals surface area contributed by atoms with Gasteiger partial charge in [0.2, 0.25) is 16.0 Å². The molecule has 210 valence electrons. The molecule has 0 atom stereocenters. The van der Waals surface area contributed by atoms with Crippen molar-refractivity contribution in [3.05, 3.63) is 29.4 Å². The van der Waals surface area contributed by atoms with E-state index in [2.05, 4.69) is 30.5 Å². The normalized spacial score (nSPS) is 19.8. The SMILES string of the molecule is COc1cc(S(=O)(=O)N2CCC(N3CCOCC3)CC2)ccc1Nc1nc(NCC2CC2)c2c(Cl)c[nH]c2n1. The topological polar surface area (TPSA) is 125 Å². The number of nitrogens with zero attached hydrogens (tertiary/aromatic N) is 4. The molecule has 6 rings (SSSR count). The van der Waals surface area contributed by atoms with Crippen LogP contribution in [0.25, 0.3) is 11.0 Å². The highest BCUT2D eigenvalue weighted by atomic mass is 35.5. The summed E-state index contributed by atoms with van der Waals surface area (Å²) in [4.78, 5) is 14.9. The Balaban J connectivity index is 1.19. The first-order valence-corrected chi connectivity index (χ1v) is 15.3. The quantitative estimate of drug-likeness (QED) is 0.350. The smallest absolute Gasteiger partial charge is 0.243 e. The molecule has 1 aromatic carbocycles. The molecule has 0 radical (unpaired) electrons. The van der Waals surface area contributed by atoms with Crippen molar-refractivity contribution in [1.82, 2.24) is 24.2 Å². The fourth-order valence-electron chi connectivity index (χ4n) is 5.34. The fraction of sp³-hybridized carbons (Fsp3) is 0.538. The first-order valence-electron chi connectivity index (χ1n) is 13.5. The summed E-state index contributed by atoms with van der Waals surface area (Å²) in [5.41, 5.74) is 1.17. The van der Waals surface area contributed by atoms with Crippen molar-refractivity contribution in [2.24, 2.45) is 5.92 Å². The van der Waals surface area contributed by atoms with Crippen molar-refractivity contribution in [2.75, 3.05) is 63.7 Å². The molecule has 39 heavy (non-hydrogen) atoms. The third-order valence-corrected chi connectivity index (χ3v) is 9.97. The van der Waals surface area contributed by atoms with Gasteiger partial charge in [-0.05, 0) is 43.7 Å². The minimum absolute atomic E-state index is 0.203. The number of aromatic nitrogens is 3. The maximum absolute atomic E-state index is 13.5. The molecule has 4 heterocycles. The zero-order valence-electron chi connectivity index (χ0n) is 22.0. The number of fused-ring (bicyclic) bond motifs is 1. The maximum atomic E-state index is 13.5. The molecule has 0 unspecified atom stereocenters. The van der Waals surface area contributed by atoms with Gasteiger partial charge in [-0.25, -0.2) is 8.42 Å². The van der Waals surface area contributed by atoms with Gasteiger partial charge >= 0.3 is 0 Å². The van der Waals surface area contributed by atoms with Crippen molar-refractivity contribution in [3.8, 4) is 5.75 Å². The number of halogens is 1. The summed E-state index contributed by atoms with van der Waals surface area (Å²) in [6.45, 7) is 5.13. The van der Waals surface area contributed by atoms with Crippen LogP contribution in [0.5, 0.6) is 5.75 Å². The van der Waals surface area contributed by atoms with Crippen LogP contribution >= 0.6 is 11.6 Å². The van der Waals surface area contributed by atoms with Gasteiger partial charge in [0, 0.05) is 51.0 Å². The van der Waals surface area contributed by atoms with E-state index in [-0.39, 0.29) is 4.90 Å². The standard InChI is InChI=1S/C26H34ClN7O4S/c1-37-22-14-19(39(35,36)34-8-6-18(7-9-34)33-10-12-38-13-11-33)4-5-21(22)30-26-31-24(28-15-17-2-3-17)23-20(27)16-29-25(23)32-26/h4-5,14,16-18H,2-3,6-13,15H2,1H3,(H3,28,29,30,31,32). The number of hydrogen-bond acceptors (Lipinski definition) is 9. The van der Waals surface area contributed by atoms with Gasteiger partial charge in [-0.1, -0.05) is 11.6 Å². The Morgan fingerprint density at radius 2 is 1.90 bits per heavy atom. The monoisotopic (exact) mass is 575 g/mol. The molecule has 3 aliphatic rings. The molecule has 0 spiro atoms. The average Bonchev–Trinajstić information content (AvgIpc) is 3.73. The second-order valence-electron chi connectivity index (χ2n) is 10.4. The van der Waals surface area contributed by atoms with Crippen molar-refractivity contribution < 1.29 is 17.9 Å². The zero-order chi connectivity index (χ0) is 27.0. The molecule has 11 nitrogen and oxygen atoms in total. The van der Waals surface area contributed by atoms with Crippen LogP contribution in [0.3, 0.4) is 0 Å². The maximum Gasteiger partial charge on any atom is 0.243 e. The largest absolute Gasteiger partial charge is 0.495 e. The van der Waals surface area contributed by atoms with E-state index < -0.39 is 10.0 Å². The number of aromatic amines is 1. The Kier molecular flexibility index (Phi) is 7.56. The molecule has 1 saturated carbocycles. The number of morpholine rings is 1. The predicted molar refractivity (Wildman–Crippen MR) is 151 cm³/mol. The highest BCUT2D eigenvalue weighted by Crippen LogP contribution is 2.35. The highest BCUT2D eigenvalue weighted by molar-refractivity contribution is 7.89. The summed E-state index contributed by atoms with van der Waals surface area (Å²) in [5, 5.41) is 7.89. The van der Waals surface area contributed by atoms with E-state index in [1.165, 1.54) is 20.0 Å². The Morgan fingerprint density at radius 3 is 2.62 bits per heavy atom. The number of hydrogen-bond donors (Lipinski definition) is 3. The van der Waals surface area contributed by atoms with Crippen LogP contribution in [-0.4, -0.2) is 91.7 Å². The van der Waals surface area contributed by atoms with Gasteiger partial charge < -0.3 is 25.1 Å². The number of nitrogens with one attached hydrogen (secondary N) is 3. The Hall–Kier alpha value is -2.64. The number of sulfonamides is 1. The predicted octanol–water partition coefficient (Wildman–Crippen LogP) is 3.67. The van der Waals surface area contributed by atoms with Gasteiger partial charge in [-0.2, -0.15) is 14.3 Å². The number of benzene rings is 1. The van der Waals surface area contributed by atoms with E-state index >= 15 is 0 Å². The van der Waals surface area contributed by atoms with E-state index in [1.54, 1.807) is 28.7 Å². The number of methoxy groups -OCH3 is 1. The van der Waals surface area contributed by atoms with Crippen LogP contribution in [0, 0.1) is 5.92 Å². The van der Waals surface area contributed by atoms with Crippen LogP contribution in [0.2, 0.25) is 5.02 Å². The molecule has 0 bridgehead atoms. The van der Waals surface area contributed by atoms with Crippen molar-refractivity contribution in [2.45, 2.75) is 36.6 Å². The lowest BCUT2D eigenvalue weighted by Gasteiger charge is -2.39. The molecule has 2 saturated heterocycles. The first kappa shape index (κ1) is 26.6. The van der Waals surface area contributed by atoms with E-state index in [0.29, 0.717) is 58.9 Å². The lowest BCUT2D eigenvalue weighted by Crippen LogP contribution is -2.50. The van der Waals surface area contributed by atoms with Crippen LogP contribution in [0.1, 0.15) is 25.7 Å².